The summed E-state index contributed by atoms with van der Waals surface area (Å²) in [6.07, 6.45) is 2.46. The SMILES string of the molecule is Cc1[nH]c2ccccc2c1C(CN)C1CCN(Cc2ccccc2)CC1. The highest BCUT2D eigenvalue weighted by Crippen LogP contribution is 2.37. The fraction of sp³-hybridized carbons (Fsp3) is 0.391. The molecule has 4 rings (SSSR count). The lowest BCUT2D eigenvalue weighted by molar-refractivity contribution is 0.163. The number of likely N-dealkylation sites (tertiary alicyclic amines) is 1. The molecule has 0 saturated carbocycles. The van der Waals surface area contributed by atoms with Crippen LogP contribution in [0.2, 0.25) is 0 Å². The van der Waals surface area contributed by atoms with Crippen LogP contribution in [-0.4, -0.2) is 29.5 Å². The summed E-state index contributed by atoms with van der Waals surface area (Å²) in [7, 11) is 0. The van der Waals surface area contributed by atoms with Crippen LogP contribution < -0.4 is 5.73 Å². The Hall–Kier alpha value is -2.10. The second kappa shape index (κ2) is 7.65. The lowest BCUT2D eigenvalue weighted by atomic mass is 9.79. The zero-order valence-corrected chi connectivity index (χ0v) is 15.6. The summed E-state index contributed by atoms with van der Waals surface area (Å²) in [4.78, 5) is 6.14. The maximum Gasteiger partial charge on any atom is 0.0458 e. The molecule has 3 N–H and O–H groups in total. The lowest BCUT2D eigenvalue weighted by Gasteiger charge is -2.36. The molecule has 1 aliphatic heterocycles. The third-order valence-electron chi connectivity index (χ3n) is 6.02. The van der Waals surface area contributed by atoms with Crippen molar-refractivity contribution >= 4 is 10.9 Å². The van der Waals surface area contributed by atoms with E-state index in [0.717, 1.165) is 26.2 Å². The molecule has 3 heteroatoms. The van der Waals surface area contributed by atoms with Crippen molar-refractivity contribution in [1.82, 2.24) is 9.88 Å². The molecule has 1 saturated heterocycles. The smallest absolute Gasteiger partial charge is 0.0458 e. The number of hydrogen-bond acceptors (Lipinski definition) is 2. The molecule has 136 valence electrons. The van der Waals surface area contributed by atoms with Gasteiger partial charge in [-0.05, 0) is 62.5 Å². The summed E-state index contributed by atoms with van der Waals surface area (Å²) < 4.78 is 0. The van der Waals surface area contributed by atoms with Crippen LogP contribution in [0.15, 0.2) is 54.6 Å². The van der Waals surface area contributed by atoms with Crippen molar-refractivity contribution in [3.05, 3.63) is 71.4 Å². The van der Waals surface area contributed by atoms with Crippen molar-refractivity contribution in [3.8, 4) is 0 Å². The van der Waals surface area contributed by atoms with Gasteiger partial charge in [-0.3, -0.25) is 4.90 Å². The highest BCUT2D eigenvalue weighted by Gasteiger charge is 2.29. The standard InChI is InChI=1S/C23H29N3/c1-17-23(20-9-5-6-10-22(20)25-17)21(15-24)19-11-13-26(14-12-19)16-18-7-3-2-4-8-18/h2-10,19,21,25H,11-16,24H2,1H3. The van der Waals surface area contributed by atoms with Gasteiger partial charge in [0, 0.05) is 29.1 Å². The Balaban J connectivity index is 1.48. The van der Waals surface area contributed by atoms with Crippen LogP contribution >= 0.6 is 0 Å². The largest absolute Gasteiger partial charge is 0.358 e. The van der Waals surface area contributed by atoms with Crippen molar-refractivity contribution in [1.29, 1.82) is 0 Å². The molecule has 0 bridgehead atoms. The number of nitrogens with one attached hydrogen (secondary N) is 1. The fourth-order valence-electron chi connectivity index (χ4n) is 4.68. The molecule has 1 fully saturated rings. The van der Waals surface area contributed by atoms with Gasteiger partial charge in [0.15, 0.2) is 0 Å². The zero-order chi connectivity index (χ0) is 17.9. The average molecular weight is 348 g/mol. The molecule has 0 spiro atoms. The second-order valence-electron chi connectivity index (χ2n) is 7.65. The third-order valence-corrected chi connectivity index (χ3v) is 6.02. The van der Waals surface area contributed by atoms with E-state index in [0.29, 0.717) is 11.8 Å². The molecule has 1 unspecified atom stereocenters. The molecule has 2 aromatic carbocycles. The number of H-pyrrole nitrogens is 1. The van der Waals surface area contributed by atoms with Gasteiger partial charge in [-0.1, -0.05) is 48.5 Å². The first-order valence-corrected chi connectivity index (χ1v) is 9.80. The molecule has 1 aromatic heterocycles. The Labute approximate surface area is 156 Å². The number of aromatic nitrogens is 1. The number of benzene rings is 2. The maximum atomic E-state index is 6.29. The number of aryl methyl sites for hydroxylation is 1. The third kappa shape index (κ3) is 3.42. The molecule has 26 heavy (non-hydrogen) atoms. The van der Waals surface area contributed by atoms with Crippen LogP contribution in [0.4, 0.5) is 0 Å². The topological polar surface area (TPSA) is 45.1 Å². The van der Waals surface area contributed by atoms with Gasteiger partial charge in [-0.25, -0.2) is 0 Å². The first kappa shape index (κ1) is 17.3. The van der Waals surface area contributed by atoms with Crippen LogP contribution in [0, 0.1) is 12.8 Å². The zero-order valence-electron chi connectivity index (χ0n) is 15.6. The Bertz CT molecular complexity index is 844. The minimum atomic E-state index is 0.449. The molecular weight excluding hydrogens is 318 g/mol. The van der Waals surface area contributed by atoms with Crippen molar-refractivity contribution < 1.29 is 0 Å². The molecule has 0 amide bonds. The number of nitrogens with two attached hydrogens (primary N) is 1. The minimum absolute atomic E-state index is 0.449. The number of rotatable bonds is 5. The molecule has 1 atom stereocenters. The molecular formula is C23H29N3. The van der Waals surface area contributed by atoms with Crippen molar-refractivity contribution in [2.45, 2.75) is 32.2 Å². The van der Waals surface area contributed by atoms with E-state index < -0.39 is 0 Å². The Morgan fingerprint density at radius 1 is 1.04 bits per heavy atom. The highest BCUT2D eigenvalue weighted by atomic mass is 15.1. The van der Waals surface area contributed by atoms with E-state index in [4.69, 9.17) is 5.73 Å². The van der Waals surface area contributed by atoms with Crippen LogP contribution in [0.3, 0.4) is 0 Å². The van der Waals surface area contributed by atoms with E-state index in [1.54, 1.807) is 0 Å². The van der Waals surface area contributed by atoms with Gasteiger partial charge >= 0.3 is 0 Å². The van der Waals surface area contributed by atoms with E-state index in [-0.39, 0.29) is 0 Å². The van der Waals surface area contributed by atoms with Crippen LogP contribution in [-0.2, 0) is 6.54 Å². The van der Waals surface area contributed by atoms with E-state index in [1.807, 2.05) is 0 Å². The number of fused-ring (bicyclic) bond motifs is 1. The van der Waals surface area contributed by atoms with Crippen LogP contribution in [0.25, 0.3) is 10.9 Å². The number of aromatic amines is 1. The molecule has 3 aromatic rings. The fourth-order valence-corrected chi connectivity index (χ4v) is 4.68. The average Bonchev–Trinajstić information content (AvgIpc) is 3.01. The number of para-hydroxylation sites is 1. The summed E-state index contributed by atoms with van der Waals surface area (Å²) in [5.41, 5.74) is 11.7. The van der Waals surface area contributed by atoms with Crippen molar-refractivity contribution in [2.75, 3.05) is 19.6 Å². The summed E-state index contributed by atoms with van der Waals surface area (Å²) >= 11 is 0. The van der Waals surface area contributed by atoms with E-state index in [1.165, 1.54) is 40.6 Å². The molecule has 2 heterocycles. The Kier molecular flexibility index (Phi) is 5.09. The van der Waals surface area contributed by atoms with E-state index in [9.17, 15) is 0 Å². The van der Waals surface area contributed by atoms with Gasteiger partial charge in [0.2, 0.25) is 0 Å². The molecule has 1 aliphatic rings. The van der Waals surface area contributed by atoms with Gasteiger partial charge in [-0.2, -0.15) is 0 Å². The lowest BCUT2D eigenvalue weighted by Crippen LogP contribution is -2.36. The summed E-state index contributed by atoms with van der Waals surface area (Å²) in [6.45, 7) is 6.32. The Morgan fingerprint density at radius 3 is 2.46 bits per heavy atom. The molecule has 0 radical (unpaired) electrons. The highest BCUT2D eigenvalue weighted by molar-refractivity contribution is 5.85. The Morgan fingerprint density at radius 2 is 1.73 bits per heavy atom. The van der Waals surface area contributed by atoms with E-state index >= 15 is 0 Å². The second-order valence-corrected chi connectivity index (χ2v) is 7.65. The first-order chi connectivity index (χ1) is 12.8. The normalized spacial score (nSPS) is 17.6. The number of nitrogens with zero attached hydrogens (tertiary/aromatic N) is 1. The van der Waals surface area contributed by atoms with Crippen LogP contribution in [0.5, 0.6) is 0 Å². The van der Waals surface area contributed by atoms with Gasteiger partial charge in [0.05, 0.1) is 0 Å². The predicted molar refractivity (Wildman–Crippen MR) is 109 cm³/mol. The van der Waals surface area contributed by atoms with Crippen molar-refractivity contribution in [3.63, 3.8) is 0 Å². The summed E-state index contributed by atoms with van der Waals surface area (Å²) in [5.74, 6) is 1.12. The number of hydrogen-bond donors (Lipinski definition) is 2. The minimum Gasteiger partial charge on any atom is -0.358 e. The van der Waals surface area contributed by atoms with Gasteiger partial charge in [0.25, 0.3) is 0 Å². The molecule has 3 nitrogen and oxygen atoms in total. The first-order valence-electron chi connectivity index (χ1n) is 9.80. The maximum absolute atomic E-state index is 6.29. The predicted octanol–water partition coefficient (Wildman–Crippen LogP) is 4.43. The van der Waals surface area contributed by atoms with Gasteiger partial charge in [-0.15, -0.1) is 0 Å². The van der Waals surface area contributed by atoms with Crippen molar-refractivity contribution in [2.24, 2.45) is 11.7 Å². The van der Waals surface area contributed by atoms with Gasteiger partial charge in [0.1, 0.15) is 0 Å². The monoisotopic (exact) mass is 347 g/mol. The summed E-state index contributed by atoms with van der Waals surface area (Å²) in [6, 6.07) is 19.4. The van der Waals surface area contributed by atoms with E-state index in [2.05, 4.69) is 71.4 Å². The van der Waals surface area contributed by atoms with Crippen LogP contribution in [0.1, 0.15) is 35.6 Å². The van der Waals surface area contributed by atoms with Gasteiger partial charge < -0.3 is 10.7 Å². The molecule has 0 aliphatic carbocycles. The quantitative estimate of drug-likeness (QED) is 0.717. The summed E-state index contributed by atoms with van der Waals surface area (Å²) in [5, 5.41) is 1.35. The number of piperidine rings is 1.